The molecule has 0 spiro atoms. The highest BCUT2D eigenvalue weighted by Crippen LogP contribution is 2.21. The largest absolute Gasteiger partial charge is 0.486 e. The highest BCUT2D eigenvalue weighted by atomic mass is 32.2. The standard InChI is InChI=1S/C24H31N5O2S/c1-4-18(20-8-6-5-7-9-20)14-26-23(30)16-32-24-28-27-22(29(24)25)15-31-21-12-10-19(11-13-21)17(2)3/h5-13,17-18H,4,14-16,25H2,1-3H3,(H,26,30). The van der Waals surface area contributed by atoms with Crippen molar-refractivity contribution in [2.24, 2.45) is 0 Å². The molecule has 0 saturated carbocycles. The molecule has 7 nitrogen and oxygen atoms in total. The van der Waals surface area contributed by atoms with E-state index in [1.807, 2.05) is 42.5 Å². The SMILES string of the molecule is CCC(CNC(=O)CSc1nnc(COc2ccc(C(C)C)cc2)n1N)c1ccccc1. The molecule has 3 N–H and O–H groups in total. The van der Waals surface area contributed by atoms with Gasteiger partial charge in [0, 0.05) is 12.5 Å². The number of thioether (sulfide) groups is 1. The van der Waals surface area contributed by atoms with Crippen LogP contribution in [0, 0.1) is 0 Å². The number of amides is 1. The maximum absolute atomic E-state index is 12.3. The lowest BCUT2D eigenvalue weighted by Crippen LogP contribution is -2.30. The van der Waals surface area contributed by atoms with Crippen LogP contribution in [0.25, 0.3) is 0 Å². The molecule has 0 aliphatic carbocycles. The van der Waals surface area contributed by atoms with Gasteiger partial charge in [-0.3, -0.25) is 4.79 Å². The molecule has 1 atom stereocenters. The van der Waals surface area contributed by atoms with E-state index < -0.39 is 0 Å². The van der Waals surface area contributed by atoms with Crippen molar-refractivity contribution in [1.82, 2.24) is 20.2 Å². The minimum absolute atomic E-state index is 0.0598. The topological polar surface area (TPSA) is 95.1 Å². The summed E-state index contributed by atoms with van der Waals surface area (Å²) in [5.74, 6) is 8.26. The third-order valence-electron chi connectivity index (χ3n) is 5.29. The molecule has 0 radical (unpaired) electrons. The summed E-state index contributed by atoms with van der Waals surface area (Å²) < 4.78 is 7.15. The van der Waals surface area contributed by atoms with E-state index in [2.05, 4.69) is 48.4 Å². The predicted molar refractivity (Wildman–Crippen MR) is 128 cm³/mol. The molecular formula is C24H31N5O2S. The highest BCUT2D eigenvalue weighted by molar-refractivity contribution is 7.99. The molecular weight excluding hydrogens is 422 g/mol. The van der Waals surface area contributed by atoms with Gasteiger partial charge >= 0.3 is 0 Å². The molecule has 0 aliphatic rings. The Hall–Kier alpha value is -3.00. The van der Waals surface area contributed by atoms with E-state index >= 15 is 0 Å². The minimum Gasteiger partial charge on any atom is -0.486 e. The Morgan fingerprint density at radius 1 is 1.09 bits per heavy atom. The van der Waals surface area contributed by atoms with E-state index in [1.165, 1.54) is 27.6 Å². The first kappa shape index (κ1) is 23.7. The van der Waals surface area contributed by atoms with Gasteiger partial charge in [0.05, 0.1) is 5.75 Å². The van der Waals surface area contributed by atoms with Gasteiger partial charge in [0.2, 0.25) is 11.1 Å². The van der Waals surface area contributed by atoms with Crippen LogP contribution in [0.2, 0.25) is 0 Å². The first-order valence-electron chi connectivity index (χ1n) is 10.8. The number of nitrogens with zero attached hydrogens (tertiary/aromatic N) is 3. The molecule has 0 fully saturated rings. The monoisotopic (exact) mass is 453 g/mol. The van der Waals surface area contributed by atoms with Crippen molar-refractivity contribution < 1.29 is 9.53 Å². The zero-order chi connectivity index (χ0) is 22.9. The van der Waals surface area contributed by atoms with Gasteiger partial charge in [0.1, 0.15) is 12.4 Å². The lowest BCUT2D eigenvalue weighted by Gasteiger charge is -2.16. The zero-order valence-electron chi connectivity index (χ0n) is 18.8. The fourth-order valence-electron chi connectivity index (χ4n) is 3.24. The normalized spacial score (nSPS) is 12.0. The molecule has 32 heavy (non-hydrogen) atoms. The molecule has 170 valence electrons. The molecule has 3 aromatic rings. The average molecular weight is 454 g/mol. The summed E-state index contributed by atoms with van der Waals surface area (Å²) in [4.78, 5) is 12.3. The summed E-state index contributed by atoms with van der Waals surface area (Å²) in [5.41, 5.74) is 2.48. The Balaban J connectivity index is 1.46. The molecule has 1 aromatic heterocycles. The van der Waals surface area contributed by atoms with Gasteiger partial charge in [-0.1, -0.05) is 75.0 Å². The fourth-order valence-corrected chi connectivity index (χ4v) is 3.95. The van der Waals surface area contributed by atoms with Crippen LogP contribution in [0.3, 0.4) is 0 Å². The van der Waals surface area contributed by atoms with E-state index in [1.54, 1.807) is 0 Å². The number of carbonyl (C=O) groups excluding carboxylic acids is 1. The maximum atomic E-state index is 12.3. The van der Waals surface area contributed by atoms with E-state index in [0.717, 1.165) is 12.2 Å². The number of rotatable bonds is 11. The second-order valence-corrected chi connectivity index (χ2v) is 8.83. The maximum Gasteiger partial charge on any atom is 0.230 e. The Morgan fingerprint density at radius 3 is 2.47 bits per heavy atom. The van der Waals surface area contributed by atoms with Gasteiger partial charge in [-0.05, 0) is 35.6 Å². The second kappa shape index (κ2) is 11.6. The number of nitrogen functional groups attached to an aromatic ring is 1. The summed E-state index contributed by atoms with van der Waals surface area (Å²) in [6, 6.07) is 18.2. The number of carbonyl (C=O) groups is 1. The van der Waals surface area contributed by atoms with Crippen LogP contribution in [0.4, 0.5) is 0 Å². The Labute approximate surface area is 193 Å². The lowest BCUT2D eigenvalue weighted by molar-refractivity contribution is -0.118. The van der Waals surface area contributed by atoms with Crippen molar-refractivity contribution in [3.8, 4) is 5.75 Å². The van der Waals surface area contributed by atoms with Crippen molar-refractivity contribution in [3.05, 3.63) is 71.5 Å². The van der Waals surface area contributed by atoms with Crippen LogP contribution >= 0.6 is 11.8 Å². The molecule has 0 saturated heterocycles. The van der Waals surface area contributed by atoms with E-state index in [-0.39, 0.29) is 18.3 Å². The Morgan fingerprint density at radius 2 is 1.81 bits per heavy atom. The third kappa shape index (κ3) is 6.50. The zero-order valence-corrected chi connectivity index (χ0v) is 19.6. The predicted octanol–water partition coefficient (Wildman–Crippen LogP) is 4.10. The van der Waals surface area contributed by atoms with Gasteiger partial charge in [0.15, 0.2) is 5.82 Å². The summed E-state index contributed by atoms with van der Waals surface area (Å²) in [6.45, 7) is 7.23. The van der Waals surface area contributed by atoms with Crippen molar-refractivity contribution >= 4 is 17.7 Å². The first-order chi connectivity index (χ1) is 15.5. The van der Waals surface area contributed by atoms with Crippen LogP contribution < -0.4 is 15.9 Å². The van der Waals surface area contributed by atoms with Crippen molar-refractivity contribution in [2.75, 3.05) is 18.1 Å². The molecule has 1 amide bonds. The summed E-state index contributed by atoms with van der Waals surface area (Å²) in [6.07, 6.45) is 0.956. The van der Waals surface area contributed by atoms with E-state index in [9.17, 15) is 4.79 Å². The van der Waals surface area contributed by atoms with Crippen LogP contribution in [0.1, 0.15) is 56.0 Å². The van der Waals surface area contributed by atoms with E-state index in [4.69, 9.17) is 10.6 Å². The van der Waals surface area contributed by atoms with Gasteiger partial charge in [-0.15, -0.1) is 10.2 Å². The molecule has 8 heteroatoms. The highest BCUT2D eigenvalue weighted by Gasteiger charge is 2.15. The van der Waals surface area contributed by atoms with Crippen molar-refractivity contribution in [3.63, 3.8) is 0 Å². The Kier molecular flexibility index (Phi) is 8.56. The minimum atomic E-state index is -0.0598. The number of hydrogen-bond acceptors (Lipinski definition) is 6. The molecule has 0 bridgehead atoms. The number of benzene rings is 2. The lowest BCUT2D eigenvalue weighted by atomic mass is 9.96. The number of hydrogen-bond donors (Lipinski definition) is 2. The van der Waals surface area contributed by atoms with Crippen LogP contribution in [-0.2, 0) is 11.4 Å². The van der Waals surface area contributed by atoms with Crippen LogP contribution in [0.5, 0.6) is 5.75 Å². The number of nitrogens with one attached hydrogen (secondary N) is 1. The quantitative estimate of drug-likeness (QED) is 0.335. The molecule has 1 heterocycles. The Bertz CT molecular complexity index is 989. The summed E-state index contributed by atoms with van der Waals surface area (Å²) in [5, 5.41) is 11.7. The average Bonchev–Trinajstić information content (AvgIpc) is 3.17. The molecule has 0 aliphatic heterocycles. The number of ether oxygens (including phenoxy) is 1. The van der Waals surface area contributed by atoms with Gasteiger partial charge in [-0.25, -0.2) is 4.68 Å². The number of aromatic nitrogens is 3. The second-order valence-electron chi connectivity index (χ2n) is 7.89. The molecule has 2 aromatic carbocycles. The van der Waals surface area contributed by atoms with Gasteiger partial charge in [0.25, 0.3) is 0 Å². The first-order valence-corrected chi connectivity index (χ1v) is 11.8. The summed E-state index contributed by atoms with van der Waals surface area (Å²) >= 11 is 1.25. The molecule has 1 unspecified atom stereocenters. The molecule has 3 rings (SSSR count). The fraction of sp³-hybridized carbons (Fsp3) is 0.375. The van der Waals surface area contributed by atoms with Crippen molar-refractivity contribution in [1.29, 1.82) is 0 Å². The van der Waals surface area contributed by atoms with Gasteiger partial charge < -0.3 is 15.9 Å². The van der Waals surface area contributed by atoms with Crippen molar-refractivity contribution in [2.45, 2.75) is 50.8 Å². The third-order valence-corrected chi connectivity index (χ3v) is 6.23. The van der Waals surface area contributed by atoms with E-state index in [0.29, 0.717) is 29.4 Å². The van der Waals surface area contributed by atoms with Gasteiger partial charge in [-0.2, -0.15) is 0 Å². The summed E-state index contributed by atoms with van der Waals surface area (Å²) in [7, 11) is 0. The van der Waals surface area contributed by atoms with Crippen LogP contribution in [-0.4, -0.2) is 33.1 Å². The smallest absolute Gasteiger partial charge is 0.230 e. The van der Waals surface area contributed by atoms with Crippen LogP contribution in [0.15, 0.2) is 59.8 Å². The number of nitrogens with two attached hydrogens (primary N) is 1.